The minimum atomic E-state index is -3.59. The van der Waals surface area contributed by atoms with E-state index in [1.165, 1.54) is 35.5 Å². The smallest absolute Gasteiger partial charge is 0.328 e. The lowest BCUT2D eigenvalue weighted by molar-refractivity contribution is -0.131. The number of hydrogen-bond donors (Lipinski definition) is 2. The van der Waals surface area contributed by atoms with Crippen LogP contribution in [0.25, 0.3) is 0 Å². The van der Waals surface area contributed by atoms with E-state index in [4.69, 9.17) is 9.84 Å². The molecular weight excluding hydrogens is 336 g/mol. The second kappa shape index (κ2) is 7.56. The van der Waals surface area contributed by atoms with Crippen molar-refractivity contribution in [3.8, 4) is 0 Å². The first-order chi connectivity index (χ1) is 11.3. The second-order valence-electron chi connectivity index (χ2n) is 5.16. The van der Waals surface area contributed by atoms with E-state index in [1.807, 2.05) is 0 Å². The Morgan fingerprint density at radius 2 is 1.79 bits per heavy atom. The number of amides is 1. The molecule has 1 saturated heterocycles. The summed E-state index contributed by atoms with van der Waals surface area (Å²) in [6.07, 6.45) is 0.798. The van der Waals surface area contributed by atoms with Crippen molar-refractivity contribution in [3.05, 3.63) is 35.9 Å². The number of rotatable bonds is 5. The highest BCUT2D eigenvalue weighted by Crippen LogP contribution is 2.19. The molecule has 0 unspecified atom stereocenters. The van der Waals surface area contributed by atoms with Crippen LogP contribution in [0.3, 0.4) is 0 Å². The van der Waals surface area contributed by atoms with Crippen molar-refractivity contribution in [1.82, 2.24) is 4.31 Å². The van der Waals surface area contributed by atoms with Gasteiger partial charge in [0.05, 0.1) is 18.1 Å². The van der Waals surface area contributed by atoms with Crippen LogP contribution in [0.5, 0.6) is 0 Å². The van der Waals surface area contributed by atoms with Crippen LogP contribution < -0.4 is 5.32 Å². The first-order valence-corrected chi connectivity index (χ1v) is 8.65. The molecule has 0 radical (unpaired) electrons. The number of nitrogens with one attached hydrogen (secondary N) is 1. The first-order valence-electron chi connectivity index (χ1n) is 7.21. The molecule has 0 bridgehead atoms. The number of morpholine rings is 1. The van der Waals surface area contributed by atoms with E-state index < -0.39 is 21.9 Å². The topological polar surface area (TPSA) is 113 Å². The molecular formula is C15H18N2O6S. The molecule has 1 aliphatic rings. The summed E-state index contributed by atoms with van der Waals surface area (Å²) in [5.41, 5.74) is 0.409. The van der Waals surface area contributed by atoms with Crippen LogP contribution in [0.1, 0.15) is 6.92 Å². The highest BCUT2D eigenvalue weighted by Gasteiger charge is 2.26. The number of carboxylic acids is 1. The minimum absolute atomic E-state index is 0.0347. The number of sulfonamides is 1. The molecule has 1 aliphatic heterocycles. The molecule has 1 heterocycles. The van der Waals surface area contributed by atoms with Crippen LogP contribution in [0.2, 0.25) is 0 Å². The lowest BCUT2D eigenvalue weighted by Crippen LogP contribution is -2.40. The zero-order chi connectivity index (χ0) is 17.7. The Kier molecular flexibility index (Phi) is 5.71. The summed E-state index contributed by atoms with van der Waals surface area (Å²) >= 11 is 0. The first kappa shape index (κ1) is 18.1. The van der Waals surface area contributed by atoms with Gasteiger partial charge in [0.25, 0.3) is 5.91 Å². The number of carboxylic acid groups (broad SMARTS) is 1. The van der Waals surface area contributed by atoms with Gasteiger partial charge in [-0.05, 0) is 31.2 Å². The fourth-order valence-electron chi connectivity index (χ4n) is 2.13. The Hall–Kier alpha value is -2.23. The molecule has 0 aliphatic carbocycles. The van der Waals surface area contributed by atoms with Gasteiger partial charge in [-0.2, -0.15) is 4.31 Å². The lowest BCUT2D eigenvalue weighted by atomic mass is 10.2. The van der Waals surface area contributed by atoms with Gasteiger partial charge in [0, 0.05) is 30.4 Å². The van der Waals surface area contributed by atoms with Gasteiger partial charge in [-0.25, -0.2) is 13.2 Å². The van der Waals surface area contributed by atoms with E-state index >= 15 is 0 Å². The molecule has 0 aromatic heterocycles. The van der Waals surface area contributed by atoms with E-state index in [2.05, 4.69) is 5.32 Å². The lowest BCUT2D eigenvalue weighted by Gasteiger charge is -2.26. The highest BCUT2D eigenvalue weighted by molar-refractivity contribution is 7.89. The van der Waals surface area contributed by atoms with Gasteiger partial charge in [-0.15, -0.1) is 0 Å². The molecule has 2 N–H and O–H groups in total. The van der Waals surface area contributed by atoms with Crippen molar-refractivity contribution in [2.75, 3.05) is 31.6 Å². The third kappa shape index (κ3) is 4.40. The molecule has 9 heteroatoms. The van der Waals surface area contributed by atoms with Crippen molar-refractivity contribution >= 4 is 27.6 Å². The molecule has 0 atom stereocenters. The zero-order valence-corrected chi connectivity index (χ0v) is 13.9. The molecule has 0 saturated carbocycles. The normalized spacial score (nSPS) is 16.6. The summed E-state index contributed by atoms with van der Waals surface area (Å²) in [6, 6.07) is 5.71. The molecule has 1 fully saturated rings. The number of aliphatic carboxylic acids is 1. The van der Waals surface area contributed by atoms with Gasteiger partial charge in [-0.3, -0.25) is 4.79 Å². The summed E-state index contributed by atoms with van der Waals surface area (Å²) in [7, 11) is -3.59. The van der Waals surface area contributed by atoms with Crippen molar-refractivity contribution in [2.45, 2.75) is 11.8 Å². The summed E-state index contributed by atoms with van der Waals surface area (Å²) in [5.74, 6) is -1.78. The summed E-state index contributed by atoms with van der Waals surface area (Å²) in [6.45, 7) is 2.71. The summed E-state index contributed by atoms with van der Waals surface area (Å²) in [5, 5.41) is 11.1. The van der Waals surface area contributed by atoms with Crippen LogP contribution in [-0.4, -0.2) is 56.0 Å². The van der Waals surface area contributed by atoms with Gasteiger partial charge in [0.15, 0.2) is 0 Å². The highest BCUT2D eigenvalue weighted by atomic mass is 32.2. The van der Waals surface area contributed by atoms with E-state index in [1.54, 1.807) is 0 Å². The van der Waals surface area contributed by atoms with E-state index in [-0.39, 0.29) is 10.5 Å². The van der Waals surface area contributed by atoms with Crippen LogP contribution >= 0.6 is 0 Å². The Morgan fingerprint density at radius 3 is 2.33 bits per heavy atom. The van der Waals surface area contributed by atoms with Crippen LogP contribution in [0, 0.1) is 0 Å². The maximum atomic E-state index is 12.5. The Bertz CT molecular complexity index is 749. The molecule has 1 aromatic carbocycles. The van der Waals surface area contributed by atoms with Crippen molar-refractivity contribution in [1.29, 1.82) is 0 Å². The Balaban J connectivity index is 2.10. The number of nitrogens with zero attached hydrogens (tertiary/aromatic N) is 1. The maximum Gasteiger partial charge on any atom is 0.328 e. The van der Waals surface area contributed by atoms with Gasteiger partial charge >= 0.3 is 5.97 Å². The third-order valence-corrected chi connectivity index (χ3v) is 5.33. The Morgan fingerprint density at radius 1 is 1.21 bits per heavy atom. The minimum Gasteiger partial charge on any atom is -0.478 e. The largest absolute Gasteiger partial charge is 0.478 e. The van der Waals surface area contributed by atoms with E-state index in [9.17, 15) is 18.0 Å². The zero-order valence-electron chi connectivity index (χ0n) is 13.1. The van der Waals surface area contributed by atoms with Crippen molar-refractivity contribution < 1.29 is 27.9 Å². The van der Waals surface area contributed by atoms with Gasteiger partial charge in [0.2, 0.25) is 10.0 Å². The average Bonchev–Trinajstić information content (AvgIpc) is 2.55. The van der Waals surface area contributed by atoms with E-state index in [0.717, 1.165) is 6.08 Å². The van der Waals surface area contributed by atoms with E-state index in [0.29, 0.717) is 32.0 Å². The number of anilines is 1. The number of carbonyl (C=O) groups excluding carboxylic acids is 1. The third-order valence-electron chi connectivity index (χ3n) is 3.42. The summed E-state index contributed by atoms with van der Waals surface area (Å²) < 4.78 is 31.4. The fraction of sp³-hybridized carbons (Fsp3) is 0.333. The number of ether oxygens (including phenoxy) is 1. The van der Waals surface area contributed by atoms with Crippen LogP contribution in [0.4, 0.5) is 5.69 Å². The van der Waals surface area contributed by atoms with Crippen LogP contribution in [-0.2, 0) is 24.3 Å². The number of benzene rings is 1. The molecule has 130 valence electrons. The molecule has 1 amide bonds. The SMILES string of the molecule is C/C(=C/C(=O)O)C(=O)Nc1ccc(S(=O)(=O)N2CCOCC2)cc1. The van der Waals surface area contributed by atoms with Gasteiger partial charge in [0.1, 0.15) is 0 Å². The maximum absolute atomic E-state index is 12.5. The molecule has 0 spiro atoms. The quantitative estimate of drug-likeness (QED) is 0.752. The molecule has 24 heavy (non-hydrogen) atoms. The van der Waals surface area contributed by atoms with Gasteiger partial charge in [-0.1, -0.05) is 0 Å². The molecule has 1 aromatic rings. The Labute approximate surface area is 139 Å². The second-order valence-corrected chi connectivity index (χ2v) is 7.10. The molecule has 2 rings (SSSR count). The predicted octanol–water partition coefficient (Wildman–Crippen LogP) is 0.677. The average molecular weight is 354 g/mol. The van der Waals surface area contributed by atoms with Crippen LogP contribution in [0.15, 0.2) is 40.8 Å². The standard InChI is InChI=1S/C15H18N2O6S/c1-11(10-14(18)19)15(20)16-12-2-4-13(5-3-12)24(21,22)17-6-8-23-9-7-17/h2-5,10H,6-9H2,1H3,(H,16,20)(H,18,19)/b11-10-. The number of hydrogen-bond acceptors (Lipinski definition) is 5. The monoisotopic (exact) mass is 354 g/mol. The van der Waals surface area contributed by atoms with Gasteiger partial charge < -0.3 is 15.2 Å². The number of carbonyl (C=O) groups is 2. The van der Waals surface area contributed by atoms with Crippen molar-refractivity contribution in [3.63, 3.8) is 0 Å². The summed E-state index contributed by atoms with van der Waals surface area (Å²) in [4.78, 5) is 22.5. The fourth-order valence-corrected chi connectivity index (χ4v) is 3.53. The molecule has 8 nitrogen and oxygen atoms in total. The predicted molar refractivity (Wildman–Crippen MR) is 86.0 cm³/mol. The van der Waals surface area contributed by atoms with Crippen molar-refractivity contribution in [2.24, 2.45) is 0 Å².